The maximum atomic E-state index is 13.4. The number of halogens is 1. The van der Waals surface area contributed by atoms with Crippen LogP contribution < -0.4 is 5.32 Å². The minimum atomic E-state index is -1.10. The van der Waals surface area contributed by atoms with Crippen molar-refractivity contribution in [3.05, 3.63) is 101 Å². The van der Waals surface area contributed by atoms with Crippen LogP contribution in [-0.2, 0) is 28.5 Å². The van der Waals surface area contributed by atoms with Gasteiger partial charge in [-0.2, -0.15) is 0 Å². The van der Waals surface area contributed by atoms with Gasteiger partial charge in [-0.05, 0) is 60.9 Å². The van der Waals surface area contributed by atoms with Gasteiger partial charge in [0, 0.05) is 46.6 Å². The van der Waals surface area contributed by atoms with Crippen molar-refractivity contribution in [2.24, 2.45) is 5.41 Å². The Hall–Kier alpha value is -4.12. The van der Waals surface area contributed by atoms with Gasteiger partial charge in [0.2, 0.25) is 11.7 Å². The first-order valence-corrected chi connectivity index (χ1v) is 15.3. The molecule has 3 aromatic carbocycles. The van der Waals surface area contributed by atoms with Gasteiger partial charge in [0.25, 0.3) is 5.91 Å². The van der Waals surface area contributed by atoms with E-state index in [4.69, 9.17) is 16.3 Å². The quantitative estimate of drug-likeness (QED) is 0.247. The second-order valence-electron chi connectivity index (χ2n) is 12.9. The van der Waals surface area contributed by atoms with Crippen molar-refractivity contribution < 1.29 is 19.4 Å². The van der Waals surface area contributed by atoms with Crippen molar-refractivity contribution >= 4 is 23.4 Å². The number of amides is 2. The summed E-state index contributed by atoms with van der Waals surface area (Å²) in [6.45, 7) is 8.92. The van der Waals surface area contributed by atoms with Crippen LogP contribution in [0.25, 0.3) is 11.4 Å². The molecule has 2 heterocycles. The number of hydrogen-bond acceptors (Lipinski definition) is 7. The fourth-order valence-electron chi connectivity index (χ4n) is 5.74. The summed E-state index contributed by atoms with van der Waals surface area (Å²) in [5.74, 6) is -0.0337. The average Bonchev–Trinajstić information content (AvgIpc) is 3.48. The third-order valence-electron chi connectivity index (χ3n) is 8.32. The lowest BCUT2D eigenvalue weighted by atomic mass is 9.66. The number of ether oxygens (including phenoxy) is 1. The van der Waals surface area contributed by atoms with E-state index in [2.05, 4.69) is 20.7 Å². The first-order valence-electron chi connectivity index (χ1n) is 14.9. The number of aliphatic hydroxyl groups is 1. The number of benzene rings is 3. The summed E-state index contributed by atoms with van der Waals surface area (Å²) in [4.78, 5) is 29.9. The fourth-order valence-corrected chi connectivity index (χ4v) is 5.87. The number of carbonyl (C=O) groups excluding carboxylic acids is 2. The summed E-state index contributed by atoms with van der Waals surface area (Å²) in [6.07, 6.45) is 0.498. The molecule has 1 aliphatic rings. The summed E-state index contributed by atoms with van der Waals surface area (Å²) in [6, 6.07) is 24.0. The molecule has 1 unspecified atom stereocenters. The van der Waals surface area contributed by atoms with Gasteiger partial charge in [-0.3, -0.25) is 9.59 Å². The third kappa shape index (κ3) is 7.58. The number of likely N-dealkylation sites (tertiary alicyclic amines) is 1. The van der Waals surface area contributed by atoms with Gasteiger partial charge >= 0.3 is 0 Å². The Morgan fingerprint density at radius 2 is 1.78 bits per heavy atom. The maximum Gasteiger partial charge on any atom is 0.251 e. The van der Waals surface area contributed by atoms with Gasteiger partial charge in [-0.25, -0.2) is 0 Å². The van der Waals surface area contributed by atoms with Crippen LogP contribution in [0.5, 0.6) is 0 Å². The monoisotopic (exact) mass is 630 g/mol. The number of piperidine rings is 1. The Morgan fingerprint density at radius 1 is 1.04 bits per heavy atom. The minimum absolute atomic E-state index is 0.0874. The molecule has 0 bridgehead atoms. The smallest absolute Gasteiger partial charge is 0.251 e. The van der Waals surface area contributed by atoms with Crippen molar-refractivity contribution in [1.29, 1.82) is 0 Å². The molecule has 5 rings (SSSR count). The topological polar surface area (TPSA) is 122 Å². The van der Waals surface area contributed by atoms with Crippen LogP contribution in [0.1, 0.15) is 62.0 Å². The van der Waals surface area contributed by atoms with Crippen LogP contribution in [0.3, 0.4) is 0 Å². The van der Waals surface area contributed by atoms with Crippen LogP contribution in [0.2, 0.25) is 5.02 Å². The molecule has 45 heavy (non-hydrogen) atoms. The van der Waals surface area contributed by atoms with Crippen molar-refractivity contribution in [1.82, 2.24) is 30.4 Å². The molecular weight excluding hydrogens is 592 g/mol. The number of carbonyl (C=O) groups is 2. The maximum absolute atomic E-state index is 13.4. The van der Waals surface area contributed by atoms with E-state index in [1.807, 2.05) is 70.2 Å². The normalized spacial score (nSPS) is 18.0. The SMILES string of the molecule is CC(C)(CC(=O)N1CCC(O)(c2ccc(Cl)cc2)C(C)(C)C1)NC(=O)c1cccc(-c2nnn(COCc3ccccc3)n2)c1. The molecular formula is C34H39ClN6O4. The molecule has 11 heteroatoms. The van der Waals surface area contributed by atoms with E-state index in [-0.39, 0.29) is 25.0 Å². The van der Waals surface area contributed by atoms with E-state index in [0.29, 0.717) is 48.1 Å². The Bertz CT molecular complexity index is 1640. The highest BCUT2D eigenvalue weighted by Gasteiger charge is 2.49. The van der Waals surface area contributed by atoms with Crippen molar-refractivity contribution in [3.8, 4) is 11.4 Å². The number of tetrazole rings is 1. The van der Waals surface area contributed by atoms with E-state index in [0.717, 1.165) is 11.1 Å². The van der Waals surface area contributed by atoms with E-state index in [9.17, 15) is 14.7 Å². The van der Waals surface area contributed by atoms with Gasteiger partial charge in [0.15, 0.2) is 6.73 Å². The van der Waals surface area contributed by atoms with Crippen LogP contribution in [-0.4, -0.2) is 60.7 Å². The standard InChI is InChI=1S/C34H39ClN6O4/c1-32(2)22-40(18-17-34(32,44)27-13-15-28(35)16-14-27)29(42)20-33(3,4)36-31(43)26-12-8-11-25(19-26)30-37-39-41(38-30)23-45-21-24-9-6-5-7-10-24/h5-16,19,44H,17-18,20-23H2,1-4H3,(H,36,43). The molecule has 0 saturated carbocycles. The molecule has 236 valence electrons. The summed E-state index contributed by atoms with van der Waals surface area (Å²) < 4.78 is 5.68. The Kier molecular flexibility index (Phi) is 9.38. The molecule has 0 aliphatic carbocycles. The largest absolute Gasteiger partial charge is 0.384 e. The number of rotatable bonds is 10. The molecule has 2 N–H and O–H groups in total. The van der Waals surface area contributed by atoms with Gasteiger partial charge in [-0.1, -0.05) is 80.0 Å². The molecule has 1 aromatic heterocycles. The minimum Gasteiger partial charge on any atom is -0.384 e. The molecule has 1 atom stereocenters. The number of aromatic nitrogens is 4. The zero-order valence-electron chi connectivity index (χ0n) is 26.0. The first-order chi connectivity index (χ1) is 21.3. The predicted molar refractivity (Wildman–Crippen MR) is 171 cm³/mol. The Balaban J connectivity index is 1.17. The molecule has 1 saturated heterocycles. The Morgan fingerprint density at radius 3 is 2.49 bits per heavy atom. The zero-order chi connectivity index (χ0) is 32.2. The van der Waals surface area contributed by atoms with Crippen LogP contribution in [0.4, 0.5) is 0 Å². The van der Waals surface area contributed by atoms with Crippen LogP contribution in [0, 0.1) is 5.41 Å². The molecule has 0 radical (unpaired) electrons. The lowest BCUT2D eigenvalue weighted by Gasteiger charge is -2.51. The predicted octanol–water partition coefficient (Wildman–Crippen LogP) is 5.21. The van der Waals surface area contributed by atoms with Crippen LogP contribution in [0.15, 0.2) is 78.9 Å². The molecule has 1 aliphatic heterocycles. The van der Waals surface area contributed by atoms with E-state index >= 15 is 0 Å². The van der Waals surface area contributed by atoms with Gasteiger partial charge in [-0.15, -0.1) is 15.0 Å². The summed E-state index contributed by atoms with van der Waals surface area (Å²) >= 11 is 6.06. The van der Waals surface area contributed by atoms with Gasteiger partial charge in [0.05, 0.1) is 12.2 Å². The van der Waals surface area contributed by atoms with Gasteiger partial charge < -0.3 is 20.1 Å². The molecule has 0 spiro atoms. The summed E-state index contributed by atoms with van der Waals surface area (Å²) in [5, 5.41) is 27.8. The van der Waals surface area contributed by atoms with E-state index in [1.54, 1.807) is 41.3 Å². The highest BCUT2D eigenvalue weighted by Crippen LogP contribution is 2.46. The molecule has 4 aromatic rings. The second-order valence-corrected chi connectivity index (χ2v) is 13.3. The molecule has 1 fully saturated rings. The van der Waals surface area contributed by atoms with Crippen molar-refractivity contribution in [2.75, 3.05) is 13.1 Å². The lowest BCUT2D eigenvalue weighted by molar-refractivity contribution is -0.154. The third-order valence-corrected chi connectivity index (χ3v) is 8.57. The number of hydrogen-bond donors (Lipinski definition) is 2. The zero-order valence-corrected chi connectivity index (χ0v) is 26.8. The van der Waals surface area contributed by atoms with Gasteiger partial charge in [0.1, 0.15) is 0 Å². The Labute approximate surface area is 268 Å². The lowest BCUT2D eigenvalue weighted by Crippen LogP contribution is -2.58. The second kappa shape index (κ2) is 13.1. The summed E-state index contributed by atoms with van der Waals surface area (Å²) in [7, 11) is 0. The summed E-state index contributed by atoms with van der Waals surface area (Å²) in [5.41, 5.74) is 0.349. The highest BCUT2D eigenvalue weighted by molar-refractivity contribution is 6.30. The number of nitrogens with zero attached hydrogens (tertiary/aromatic N) is 5. The highest BCUT2D eigenvalue weighted by atomic mass is 35.5. The van der Waals surface area contributed by atoms with Crippen molar-refractivity contribution in [3.63, 3.8) is 0 Å². The van der Waals surface area contributed by atoms with Crippen LogP contribution >= 0.6 is 11.6 Å². The van der Waals surface area contributed by atoms with E-state index < -0.39 is 16.6 Å². The molecule has 10 nitrogen and oxygen atoms in total. The molecule has 2 amide bonds. The first kappa shape index (κ1) is 32.3. The fraction of sp³-hybridized carbons (Fsp3) is 0.382. The van der Waals surface area contributed by atoms with E-state index in [1.165, 1.54) is 4.80 Å². The number of nitrogens with one attached hydrogen (secondary N) is 1. The average molecular weight is 631 g/mol. The van der Waals surface area contributed by atoms with Crippen molar-refractivity contribution in [2.45, 2.75) is 65.0 Å².